The van der Waals surface area contributed by atoms with E-state index in [4.69, 9.17) is 4.74 Å². The van der Waals surface area contributed by atoms with Crippen LogP contribution in [-0.4, -0.2) is 33.0 Å². The first kappa shape index (κ1) is 20.0. The van der Waals surface area contributed by atoms with Gasteiger partial charge >= 0.3 is 0 Å². The number of nitrogens with zero attached hydrogens (tertiary/aromatic N) is 3. The largest absolute Gasteiger partial charge is 0.497 e. The third kappa shape index (κ3) is 4.02. The van der Waals surface area contributed by atoms with Crippen molar-refractivity contribution < 1.29 is 9.53 Å². The molecule has 7 heteroatoms. The van der Waals surface area contributed by atoms with Crippen LogP contribution in [0.1, 0.15) is 12.7 Å². The molecular weight excluding hydrogens is 396 g/mol. The zero-order chi connectivity index (χ0) is 21.1. The first-order valence-corrected chi connectivity index (χ1v) is 10.5. The van der Waals surface area contributed by atoms with E-state index in [1.54, 1.807) is 7.11 Å². The summed E-state index contributed by atoms with van der Waals surface area (Å²) >= 11 is 1.37. The van der Waals surface area contributed by atoms with Crippen LogP contribution < -0.4 is 10.1 Å². The molecule has 1 N–H and O–H groups in total. The number of nitrogens with one attached hydrogen (secondary N) is 1. The van der Waals surface area contributed by atoms with E-state index in [2.05, 4.69) is 15.5 Å². The van der Waals surface area contributed by atoms with Gasteiger partial charge in [0.15, 0.2) is 5.16 Å². The summed E-state index contributed by atoms with van der Waals surface area (Å²) in [5.74, 6) is 1.45. The molecule has 0 aliphatic rings. The number of anilines is 1. The van der Waals surface area contributed by atoms with Gasteiger partial charge in [0.05, 0.1) is 12.4 Å². The van der Waals surface area contributed by atoms with Crippen molar-refractivity contribution in [1.29, 1.82) is 0 Å². The summed E-state index contributed by atoms with van der Waals surface area (Å²) < 4.78 is 7.17. The Balaban J connectivity index is 1.54. The van der Waals surface area contributed by atoms with Crippen molar-refractivity contribution in [2.24, 2.45) is 0 Å². The van der Waals surface area contributed by atoms with Crippen LogP contribution in [0.3, 0.4) is 0 Å². The number of methoxy groups -OCH3 is 1. The first-order valence-electron chi connectivity index (χ1n) is 9.58. The number of aryl methyl sites for hydroxylation is 1. The first-order chi connectivity index (χ1) is 14.6. The van der Waals surface area contributed by atoms with Crippen LogP contribution in [0.2, 0.25) is 0 Å². The van der Waals surface area contributed by atoms with E-state index in [0.717, 1.165) is 33.7 Å². The molecule has 0 aliphatic heterocycles. The third-order valence-corrected chi connectivity index (χ3v) is 5.87. The Morgan fingerprint density at radius 1 is 1.03 bits per heavy atom. The van der Waals surface area contributed by atoms with Crippen LogP contribution in [0.25, 0.3) is 16.5 Å². The number of rotatable bonds is 6. The van der Waals surface area contributed by atoms with Crippen molar-refractivity contribution in [3.05, 3.63) is 72.6 Å². The van der Waals surface area contributed by atoms with E-state index in [-0.39, 0.29) is 11.2 Å². The molecule has 1 amide bonds. The van der Waals surface area contributed by atoms with Gasteiger partial charge in [-0.15, -0.1) is 10.2 Å². The number of hydrogen-bond donors (Lipinski definition) is 1. The Hall–Kier alpha value is -3.32. The maximum Gasteiger partial charge on any atom is 0.237 e. The summed E-state index contributed by atoms with van der Waals surface area (Å²) in [6.45, 7) is 3.76. The molecule has 30 heavy (non-hydrogen) atoms. The molecule has 0 aliphatic carbocycles. The van der Waals surface area contributed by atoms with E-state index in [1.807, 2.05) is 85.1 Å². The minimum absolute atomic E-state index is 0.0849. The van der Waals surface area contributed by atoms with Gasteiger partial charge in [-0.25, -0.2) is 0 Å². The molecular formula is C23H22N4O2S. The molecule has 0 radical (unpaired) electrons. The third-order valence-electron chi connectivity index (χ3n) is 4.82. The minimum Gasteiger partial charge on any atom is -0.497 e. The van der Waals surface area contributed by atoms with Crippen molar-refractivity contribution in [3.8, 4) is 11.4 Å². The molecule has 4 rings (SSSR count). The van der Waals surface area contributed by atoms with Gasteiger partial charge in [0, 0.05) is 16.8 Å². The fourth-order valence-electron chi connectivity index (χ4n) is 3.23. The van der Waals surface area contributed by atoms with E-state index in [1.165, 1.54) is 11.8 Å². The van der Waals surface area contributed by atoms with E-state index in [9.17, 15) is 4.79 Å². The number of fused-ring (bicyclic) bond motifs is 1. The predicted molar refractivity (Wildman–Crippen MR) is 121 cm³/mol. The summed E-state index contributed by atoms with van der Waals surface area (Å²) in [6, 6.07) is 21.6. The number of ether oxygens (including phenoxy) is 1. The lowest BCUT2D eigenvalue weighted by molar-refractivity contribution is -0.115. The van der Waals surface area contributed by atoms with E-state index in [0.29, 0.717) is 5.16 Å². The Morgan fingerprint density at radius 2 is 1.77 bits per heavy atom. The van der Waals surface area contributed by atoms with Crippen LogP contribution in [0, 0.1) is 6.92 Å². The Kier molecular flexibility index (Phi) is 5.72. The highest BCUT2D eigenvalue weighted by molar-refractivity contribution is 8.00. The van der Waals surface area contributed by atoms with Crippen molar-refractivity contribution in [1.82, 2.24) is 14.8 Å². The topological polar surface area (TPSA) is 69.0 Å². The van der Waals surface area contributed by atoms with Crippen LogP contribution in [0.5, 0.6) is 5.75 Å². The Morgan fingerprint density at radius 3 is 2.53 bits per heavy atom. The SMILES string of the molecule is COc1ccc(-n2c(C)nnc2SC(C)C(=O)Nc2cccc3ccccc23)cc1. The van der Waals surface area contributed by atoms with Crippen LogP contribution in [0.15, 0.2) is 71.9 Å². The lowest BCUT2D eigenvalue weighted by Gasteiger charge is -2.14. The second-order valence-electron chi connectivity index (χ2n) is 6.84. The molecule has 0 spiro atoms. The van der Waals surface area contributed by atoms with Gasteiger partial charge in [-0.2, -0.15) is 0 Å². The molecule has 1 atom stereocenters. The highest BCUT2D eigenvalue weighted by Crippen LogP contribution is 2.28. The van der Waals surface area contributed by atoms with E-state index < -0.39 is 0 Å². The molecule has 1 unspecified atom stereocenters. The van der Waals surface area contributed by atoms with Crippen molar-refractivity contribution >= 4 is 34.1 Å². The van der Waals surface area contributed by atoms with Gasteiger partial charge in [-0.3, -0.25) is 9.36 Å². The number of benzene rings is 3. The zero-order valence-electron chi connectivity index (χ0n) is 17.0. The van der Waals surface area contributed by atoms with Crippen LogP contribution in [0.4, 0.5) is 5.69 Å². The molecule has 0 saturated heterocycles. The van der Waals surface area contributed by atoms with Gasteiger partial charge in [0.25, 0.3) is 0 Å². The fourth-order valence-corrected chi connectivity index (χ4v) is 4.14. The summed E-state index contributed by atoms with van der Waals surface area (Å²) in [6.07, 6.45) is 0. The highest BCUT2D eigenvalue weighted by Gasteiger charge is 2.20. The maximum absolute atomic E-state index is 12.9. The van der Waals surface area contributed by atoms with Crippen LogP contribution >= 0.6 is 11.8 Å². The smallest absolute Gasteiger partial charge is 0.237 e. The lowest BCUT2D eigenvalue weighted by Crippen LogP contribution is -2.23. The minimum atomic E-state index is -0.357. The number of amides is 1. The summed E-state index contributed by atoms with van der Waals surface area (Å²) in [7, 11) is 1.64. The molecule has 1 aromatic heterocycles. The maximum atomic E-state index is 12.9. The standard InChI is InChI=1S/C23H22N4O2S/c1-15(22(28)24-21-10-6-8-17-7-4-5-9-20(17)21)30-23-26-25-16(2)27(23)18-11-13-19(29-3)14-12-18/h4-15H,1-3H3,(H,24,28). The quantitative estimate of drug-likeness (QED) is 0.453. The van der Waals surface area contributed by atoms with Gasteiger partial charge in [0.2, 0.25) is 5.91 Å². The highest BCUT2D eigenvalue weighted by atomic mass is 32.2. The molecule has 4 aromatic rings. The normalized spacial score (nSPS) is 12.0. The van der Waals surface area contributed by atoms with Crippen molar-refractivity contribution in [2.75, 3.05) is 12.4 Å². The average molecular weight is 419 g/mol. The number of carbonyl (C=O) groups is 1. The summed E-state index contributed by atoms with van der Waals surface area (Å²) in [5, 5.41) is 13.9. The molecule has 0 saturated carbocycles. The van der Waals surface area contributed by atoms with Gasteiger partial charge in [0.1, 0.15) is 11.6 Å². The summed E-state index contributed by atoms with van der Waals surface area (Å²) in [5.41, 5.74) is 1.72. The fraction of sp³-hybridized carbons (Fsp3) is 0.174. The second kappa shape index (κ2) is 8.59. The van der Waals surface area contributed by atoms with E-state index >= 15 is 0 Å². The molecule has 0 bridgehead atoms. The number of carbonyl (C=O) groups excluding carboxylic acids is 1. The second-order valence-corrected chi connectivity index (χ2v) is 8.15. The van der Waals surface area contributed by atoms with Crippen LogP contribution in [-0.2, 0) is 4.79 Å². The van der Waals surface area contributed by atoms with Crippen molar-refractivity contribution in [2.45, 2.75) is 24.3 Å². The lowest BCUT2D eigenvalue weighted by atomic mass is 10.1. The molecule has 6 nitrogen and oxygen atoms in total. The number of hydrogen-bond acceptors (Lipinski definition) is 5. The zero-order valence-corrected chi connectivity index (χ0v) is 17.8. The number of thioether (sulfide) groups is 1. The summed E-state index contributed by atoms with van der Waals surface area (Å²) in [4.78, 5) is 12.9. The molecule has 3 aromatic carbocycles. The van der Waals surface area contributed by atoms with Gasteiger partial charge in [-0.1, -0.05) is 48.2 Å². The monoisotopic (exact) mass is 418 g/mol. The van der Waals surface area contributed by atoms with Gasteiger partial charge in [-0.05, 0) is 49.6 Å². The van der Waals surface area contributed by atoms with Gasteiger partial charge < -0.3 is 10.1 Å². The molecule has 0 fully saturated rings. The Labute approximate surface area is 179 Å². The molecule has 152 valence electrons. The average Bonchev–Trinajstić information content (AvgIpc) is 3.13. The van der Waals surface area contributed by atoms with Crippen molar-refractivity contribution in [3.63, 3.8) is 0 Å². The number of aromatic nitrogens is 3. The predicted octanol–water partition coefficient (Wildman–Crippen LogP) is 4.86. The Bertz CT molecular complexity index is 1180. The molecule has 1 heterocycles.